The summed E-state index contributed by atoms with van der Waals surface area (Å²) in [6.45, 7) is 0. The summed E-state index contributed by atoms with van der Waals surface area (Å²) in [5, 5.41) is 9.30. The van der Waals surface area contributed by atoms with Crippen molar-refractivity contribution in [2.24, 2.45) is 5.92 Å². The molecule has 3 rings (SSSR count). The van der Waals surface area contributed by atoms with Gasteiger partial charge in [0.25, 0.3) is 0 Å². The van der Waals surface area contributed by atoms with E-state index in [1.807, 2.05) is 24.3 Å². The van der Waals surface area contributed by atoms with E-state index in [4.69, 9.17) is 9.15 Å². The first-order valence-corrected chi connectivity index (χ1v) is 6.51. The predicted octanol–water partition coefficient (Wildman–Crippen LogP) is 2.97. The van der Waals surface area contributed by atoms with Crippen LogP contribution in [0.5, 0.6) is 5.75 Å². The van der Waals surface area contributed by atoms with Gasteiger partial charge in [0.1, 0.15) is 11.3 Å². The fourth-order valence-corrected chi connectivity index (χ4v) is 2.57. The predicted molar refractivity (Wildman–Crippen MR) is 72.8 cm³/mol. The van der Waals surface area contributed by atoms with E-state index in [2.05, 4.69) is 4.98 Å². The molecule has 1 N–H and O–H groups in total. The monoisotopic (exact) mass is 273 g/mol. The number of fused-ring (bicyclic) bond motifs is 1. The number of hydrogen-bond acceptors (Lipinski definition) is 4. The summed E-state index contributed by atoms with van der Waals surface area (Å²) < 4.78 is 10.9. The molecule has 0 aliphatic heterocycles. The minimum Gasteiger partial charge on any atom is -0.497 e. The molecule has 0 saturated heterocycles. The van der Waals surface area contributed by atoms with E-state index < -0.39 is 11.9 Å². The van der Waals surface area contributed by atoms with Crippen molar-refractivity contribution < 1.29 is 19.1 Å². The van der Waals surface area contributed by atoms with Gasteiger partial charge in [-0.25, -0.2) is 4.98 Å². The molecule has 2 aromatic rings. The van der Waals surface area contributed by atoms with E-state index in [1.54, 1.807) is 13.2 Å². The van der Waals surface area contributed by atoms with Crippen LogP contribution in [-0.2, 0) is 4.79 Å². The van der Waals surface area contributed by atoms with Crippen molar-refractivity contribution in [1.82, 2.24) is 4.98 Å². The number of hydrogen-bond donors (Lipinski definition) is 1. The lowest BCUT2D eigenvalue weighted by Gasteiger charge is -2.21. The van der Waals surface area contributed by atoms with Gasteiger partial charge in [-0.1, -0.05) is 12.2 Å². The Kier molecular flexibility index (Phi) is 3.18. The largest absolute Gasteiger partial charge is 0.497 e. The van der Waals surface area contributed by atoms with Crippen molar-refractivity contribution in [2.45, 2.75) is 18.8 Å². The third kappa shape index (κ3) is 2.15. The molecule has 5 heteroatoms. The van der Waals surface area contributed by atoms with Crippen molar-refractivity contribution in [3.8, 4) is 5.75 Å². The first-order valence-electron chi connectivity index (χ1n) is 6.51. The fourth-order valence-electron chi connectivity index (χ4n) is 2.57. The number of aliphatic carboxylic acids is 1. The van der Waals surface area contributed by atoms with Crippen molar-refractivity contribution >= 4 is 17.1 Å². The van der Waals surface area contributed by atoms with Crippen LogP contribution in [0.1, 0.15) is 24.7 Å². The zero-order chi connectivity index (χ0) is 14.1. The van der Waals surface area contributed by atoms with Crippen LogP contribution in [0, 0.1) is 5.92 Å². The summed E-state index contributed by atoms with van der Waals surface area (Å²) in [4.78, 5) is 15.8. The van der Waals surface area contributed by atoms with Gasteiger partial charge in [-0.15, -0.1) is 0 Å². The van der Waals surface area contributed by atoms with Crippen molar-refractivity contribution in [1.29, 1.82) is 0 Å². The minimum absolute atomic E-state index is 0.212. The fraction of sp³-hybridized carbons (Fsp3) is 0.333. The molecule has 0 spiro atoms. The highest BCUT2D eigenvalue weighted by atomic mass is 16.5. The van der Waals surface area contributed by atoms with Crippen molar-refractivity contribution in [2.75, 3.05) is 7.11 Å². The minimum atomic E-state index is -0.806. The quantitative estimate of drug-likeness (QED) is 0.870. The van der Waals surface area contributed by atoms with Crippen LogP contribution < -0.4 is 4.74 Å². The van der Waals surface area contributed by atoms with E-state index in [1.165, 1.54) is 0 Å². The first kappa shape index (κ1) is 12.7. The zero-order valence-corrected chi connectivity index (χ0v) is 11.1. The Hall–Kier alpha value is -2.30. The molecular formula is C15H15NO4. The molecule has 5 nitrogen and oxygen atoms in total. The number of ether oxygens (including phenoxy) is 1. The highest BCUT2D eigenvalue weighted by Crippen LogP contribution is 2.36. The molecule has 1 heterocycles. The molecule has 1 aromatic heterocycles. The van der Waals surface area contributed by atoms with Gasteiger partial charge in [-0.3, -0.25) is 4.79 Å². The molecule has 2 atom stereocenters. The summed E-state index contributed by atoms with van der Waals surface area (Å²) in [6, 6.07) is 5.39. The number of methoxy groups -OCH3 is 1. The number of carboxylic acid groups (broad SMARTS) is 1. The van der Waals surface area contributed by atoms with Gasteiger partial charge in [0.05, 0.1) is 18.9 Å². The second-order valence-electron chi connectivity index (χ2n) is 4.88. The van der Waals surface area contributed by atoms with E-state index in [9.17, 15) is 9.90 Å². The number of carbonyl (C=O) groups is 1. The lowest BCUT2D eigenvalue weighted by atomic mass is 9.83. The third-order valence-electron chi connectivity index (χ3n) is 3.68. The number of aromatic nitrogens is 1. The Labute approximate surface area is 115 Å². The zero-order valence-electron chi connectivity index (χ0n) is 11.1. The Morgan fingerprint density at radius 2 is 2.20 bits per heavy atom. The number of oxazole rings is 1. The van der Waals surface area contributed by atoms with Crippen molar-refractivity contribution in [3.63, 3.8) is 0 Å². The van der Waals surface area contributed by atoms with Crippen LogP contribution in [0.15, 0.2) is 34.8 Å². The highest BCUT2D eigenvalue weighted by Gasteiger charge is 2.33. The van der Waals surface area contributed by atoms with Gasteiger partial charge in [-0.2, -0.15) is 0 Å². The SMILES string of the molecule is COc1ccc2nc([C@@H]3CC=CC[C@@H]3C(=O)O)oc2c1. The number of carboxylic acids is 1. The van der Waals surface area contributed by atoms with Gasteiger partial charge in [0.2, 0.25) is 0 Å². The number of benzene rings is 1. The normalized spacial score (nSPS) is 22.1. The van der Waals surface area contributed by atoms with Gasteiger partial charge >= 0.3 is 5.97 Å². The number of nitrogens with zero attached hydrogens (tertiary/aromatic N) is 1. The van der Waals surface area contributed by atoms with E-state index >= 15 is 0 Å². The van der Waals surface area contributed by atoms with E-state index in [0.29, 0.717) is 30.1 Å². The molecule has 0 amide bonds. The molecule has 0 fully saturated rings. The molecule has 0 unspecified atom stereocenters. The molecule has 0 bridgehead atoms. The number of rotatable bonds is 3. The van der Waals surface area contributed by atoms with Gasteiger partial charge in [0.15, 0.2) is 11.5 Å². The molecule has 0 saturated carbocycles. The Bertz CT molecular complexity index is 674. The summed E-state index contributed by atoms with van der Waals surface area (Å²) >= 11 is 0. The average molecular weight is 273 g/mol. The van der Waals surface area contributed by atoms with Gasteiger partial charge in [-0.05, 0) is 25.0 Å². The van der Waals surface area contributed by atoms with Crippen LogP contribution in [0.4, 0.5) is 0 Å². The lowest BCUT2D eigenvalue weighted by Crippen LogP contribution is -2.23. The van der Waals surface area contributed by atoms with Crippen LogP contribution in [0.2, 0.25) is 0 Å². The van der Waals surface area contributed by atoms with Crippen LogP contribution in [-0.4, -0.2) is 23.2 Å². The van der Waals surface area contributed by atoms with Gasteiger partial charge in [0, 0.05) is 6.07 Å². The Morgan fingerprint density at radius 3 is 2.95 bits per heavy atom. The highest BCUT2D eigenvalue weighted by molar-refractivity contribution is 5.75. The maximum absolute atomic E-state index is 11.3. The molecule has 104 valence electrons. The molecule has 1 aromatic carbocycles. The Morgan fingerprint density at radius 1 is 1.40 bits per heavy atom. The van der Waals surface area contributed by atoms with Gasteiger partial charge < -0.3 is 14.3 Å². The second kappa shape index (κ2) is 5.00. The van der Waals surface area contributed by atoms with Crippen LogP contribution in [0.3, 0.4) is 0 Å². The standard InChI is InChI=1S/C15H15NO4/c1-19-9-6-7-12-13(8-9)20-14(16-12)10-4-2-3-5-11(10)15(17)18/h2-3,6-8,10-11H,4-5H2,1H3,(H,17,18)/t10-,11+/m1/s1. The molecule has 20 heavy (non-hydrogen) atoms. The third-order valence-corrected chi connectivity index (χ3v) is 3.68. The summed E-state index contributed by atoms with van der Waals surface area (Å²) in [5.41, 5.74) is 1.34. The maximum Gasteiger partial charge on any atom is 0.307 e. The molecule has 1 aliphatic rings. The van der Waals surface area contributed by atoms with Crippen LogP contribution >= 0.6 is 0 Å². The Balaban J connectivity index is 2.00. The molecule has 0 radical (unpaired) electrons. The summed E-state index contributed by atoms with van der Waals surface area (Å²) in [5.74, 6) is -0.312. The molecular weight excluding hydrogens is 258 g/mol. The van der Waals surface area contributed by atoms with E-state index in [0.717, 1.165) is 5.52 Å². The van der Waals surface area contributed by atoms with E-state index in [-0.39, 0.29) is 5.92 Å². The smallest absolute Gasteiger partial charge is 0.307 e. The van der Waals surface area contributed by atoms with Crippen molar-refractivity contribution in [3.05, 3.63) is 36.2 Å². The first-order chi connectivity index (χ1) is 9.69. The maximum atomic E-state index is 11.3. The van der Waals surface area contributed by atoms with Crippen LogP contribution in [0.25, 0.3) is 11.1 Å². The summed E-state index contributed by atoms with van der Waals surface area (Å²) in [7, 11) is 1.59. The molecule has 1 aliphatic carbocycles. The number of allylic oxidation sites excluding steroid dienone is 2. The summed E-state index contributed by atoms with van der Waals surface area (Å²) in [6.07, 6.45) is 5.05. The lowest BCUT2D eigenvalue weighted by molar-refractivity contribution is -0.142. The second-order valence-corrected chi connectivity index (χ2v) is 4.88. The average Bonchev–Trinajstić information content (AvgIpc) is 2.89. The topological polar surface area (TPSA) is 72.6 Å².